The number of carbonyl (C=O) groups is 1. The second kappa shape index (κ2) is 8.28. The highest BCUT2D eigenvalue weighted by Gasteiger charge is 2.49. The van der Waals surface area contributed by atoms with Crippen molar-refractivity contribution in [3.05, 3.63) is 76.6 Å². The normalized spacial score (nSPS) is 23.4. The van der Waals surface area contributed by atoms with Crippen LogP contribution in [0.3, 0.4) is 0 Å². The molecule has 4 rings (SSSR count). The molecule has 2 atom stereocenters. The SMILES string of the molecule is COc1ccc([C@@]23CC=C(OC(=O)c4ccc(C(F)(F)F)cc4)C[C@@H]2N(C)CC3)cc1C. The van der Waals surface area contributed by atoms with Gasteiger partial charge in [-0.3, -0.25) is 0 Å². The van der Waals surface area contributed by atoms with E-state index in [1.165, 1.54) is 5.56 Å². The lowest BCUT2D eigenvalue weighted by atomic mass is 9.68. The maximum absolute atomic E-state index is 12.8. The summed E-state index contributed by atoms with van der Waals surface area (Å²) in [6.45, 7) is 2.96. The number of hydrogen-bond donors (Lipinski definition) is 0. The number of carbonyl (C=O) groups excluding carboxylic acids is 1. The second-order valence-electron chi connectivity index (χ2n) is 8.63. The summed E-state index contributed by atoms with van der Waals surface area (Å²) in [5, 5.41) is 0. The van der Waals surface area contributed by atoms with E-state index in [1.54, 1.807) is 7.11 Å². The number of rotatable bonds is 4. The van der Waals surface area contributed by atoms with E-state index in [0.717, 1.165) is 55.0 Å². The van der Waals surface area contributed by atoms with Gasteiger partial charge in [0, 0.05) is 17.9 Å². The van der Waals surface area contributed by atoms with Gasteiger partial charge in [0.1, 0.15) is 11.5 Å². The summed E-state index contributed by atoms with van der Waals surface area (Å²) in [4.78, 5) is 14.8. The van der Waals surface area contributed by atoms with Crippen LogP contribution in [-0.2, 0) is 16.3 Å². The molecule has 0 aromatic heterocycles. The summed E-state index contributed by atoms with van der Waals surface area (Å²) in [6.07, 6.45) is -0.199. The van der Waals surface area contributed by atoms with Gasteiger partial charge in [-0.2, -0.15) is 13.2 Å². The number of allylic oxidation sites excluding steroid dienone is 1. The number of ether oxygens (including phenoxy) is 2. The summed E-state index contributed by atoms with van der Waals surface area (Å²) in [5.74, 6) is 0.776. The molecular weight excluding hydrogens is 419 g/mol. The van der Waals surface area contributed by atoms with Crippen molar-refractivity contribution in [2.45, 2.75) is 43.8 Å². The van der Waals surface area contributed by atoms with Gasteiger partial charge in [0.15, 0.2) is 0 Å². The fourth-order valence-corrected chi connectivity index (χ4v) is 4.98. The molecule has 2 aliphatic rings. The minimum atomic E-state index is -4.44. The van der Waals surface area contributed by atoms with Crippen LogP contribution in [0.25, 0.3) is 0 Å². The summed E-state index contributed by atoms with van der Waals surface area (Å²) in [5.41, 5.74) is 1.56. The molecule has 32 heavy (non-hydrogen) atoms. The first-order valence-corrected chi connectivity index (χ1v) is 10.6. The van der Waals surface area contributed by atoms with Gasteiger partial charge in [-0.05, 0) is 80.9 Å². The van der Waals surface area contributed by atoms with Crippen molar-refractivity contribution in [1.29, 1.82) is 0 Å². The van der Waals surface area contributed by atoms with E-state index in [1.807, 2.05) is 19.1 Å². The zero-order valence-corrected chi connectivity index (χ0v) is 18.3. The van der Waals surface area contributed by atoms with Gasteiger partial charge >= 0.3 is 12.1 Å². The molecule has 1 saturated heterocycles. The predicted octanol–water partition coefficient (Wildman–Crippen LogP) is 5.50. The number of nitrogens with zero attached hydrogens (tertiary/aromatic N) is 1. The Kier molecular flexibility index (Phi) is 5.79. The molecule has 0 N–H and O–H groups in total. The fraction of sp³-hybridized carbons (Fsp3) is 0.400. The molecule has 7 heteroatoms. The lowest BCUT2D eigenvalue weighted by molar-refractivity contribution is -0.137. The topological polar surface area (TPSA) is 38.8 Å². The zero-order chi connectivity index (χ0) is 23.1. The summed E-state index contributed by atoms with van der Waals surface area (Å²) < 4.78 is 49.3. The second-order valence-corrected chi connectivity index (χ2v) is 8.63. The zero-order valence-electron chi connectivity index (χ0n) is 18.3. The Hall–Kier alpha value is -2.80. The Labute approximate surface area is 185 Å². The van der Waals surface area contributed by atoms with Gasteiger partial charge in [0.25, 0.3) is 0 Å². The Morgan fingerprint density at radius 3 is 2.50 bits per heavy atom. The molecule has 2 aromatic rings. The van der Waals surface area contributed by atoms with Crippen LogP contribution < -0.4 is 4.74 Å². The number of hydrogen-bond acceptors (Lipinski definition) is 4. The third kappa shape index (κ3) is 4.01. The molecule has 0 unspecified atom stereocenters. The monoisotopic (exact) mass is 445 g/mol. The minimum Gasteiger partial charge on any atom is -0.496 e. The van der Waals surface area contributed by atoms with Crippen LogP contribution in [0.15, 0.2) is 54.3 Å². The van der Waals surface area contributed by atoms with Gasteiger partial charge in [-0.15, -0.1) is 0 Å². The highest BCUT2D eigenvalue weighted by atomic mass is 19.4. The molecular formula is C25H26F3NO3. The van der Waals surface area contributed by atoms with Crippen molar-refractivity contribution >= 4 is 5.97 Å². The third-order valence-corrected chi connectivity index (χ3v) is 6.81. The van der Waals surface area contributed by atoms with Crippen LogP contribution in [0.2, 0.25) is 0 Å². The maximum Gasteiger partial charge on any atom is 0.416 e. The summed E-state index contributed by atoms with van der Waals surface area (Å²) >= 11 is 0. The van der Waals surface area contributed by atoms with Gasteiger partial charge in [-0.1, -0.05) is 12.1 Å². The van der Waals surface area contributed by atoms with Crippen LogP contribution in [0.5, 0.6) is 5.75 Å². The number of esters is 1. The van der Waals surface area contributed by atoms with Crippen molar-refractivity contribution in [2.75, 3.05) is 20.7 Å². The van der Waals surface area contributed by atoms with Crippen molar-refractivity contribution < 1.29 is 27.4 Å². The van der Waals surface area contributed by atoms with Crippen molar-refractivity contribution in [2.24, 2.45) is 0 Å². The highest BCUT2D eigenvalue weighted by Crippen LogP contribution is 2.48. The molecule has 1 aliphatic carbocycles. The summed E-state index contributed by atoms with van der Waals surface area (Å²) in [7, 11) is 3.73. The smallest absolute Gasteiger partial charge is 0.416 e. The van der Waals surface area contributed by atoms with Crippen LogP contribution in [0.1, 0.15) is 46.3 Å². The number of benzene rings is 2. The molecule has 0 radical (unpaired) electrons. The first-order valence-electron chi connectivity index (χ1n) is 10.6. The maximum atomic E-state index is 12.8. The van der Waals surface area contributed by atoms with Crippen LogP contribution in [0.4, 0.5) is 13.2 Å². The van der Waals surface area contributed by atoms with E-state index < -0.39 is 17.7 Å². The van der Waals surface area contributed by atoms with Crippen LogP contribution >= 0.6 is 0 Å². The molecule has 1 fully saturated rings. The molecule has 0 bridgehead atoms. The van der Waals surface area contributed by atoms with Crippen molar-refractivity contribution in [3.63, 3.8) is 0 Å². The van der Waals surface area contributed by atoms with E-state index in [-0.39, 0.29) is 17.0 Å². The Bertz CT molecular complexity index is 1050. The lowest BCUT2D eigenvalue weighted by Gasteiger charge is -2.40. The quantitative estimate of drug-likeness (QED) is 0.583. The van der Waals surface area contributed by atoms with Gasteiger partial charge in [0.2, 0.25) is 0 Å². The molecule has 1 aliphatic heterocycles. The van der Waals surface area contributed by atoms with Gasteiger partial charge in [-0.25, -0.2) is 4.79 Å². The minimum absolute atomic E-state index is 0.0734. The lowest BCUT2D eigenvalue weighted by Crippen LogP contribution is -2.43. The largest absolute Gasteiger partial charge is 0.496 e. The molecule has 2 aromatic carbocycles. The molecule has 170 valence electrons. The molecule has 0 spiro atoms. The van der Waals surface area contributed by atoms with E-state index in [4.69, 9.17) is 9.47 Å². The Morgan fingerprint density at radius 2 is 1.88 bits per heavy atom. The van der Waals surface area contributed by atoms with Crippen LogP contribution in [-0.4, -0.2) is 37.6 Å². The molecule has 0 amide bonds. The number of fused-ring (bicyclic) bond motifs is 1. The van der Waals surface area contributed by atoms with E-state index in [9.17, 15) is 18.0 Å². The van der Waals surface area contributed by atoms with E-state index in [0.29, 0.717) is 12.2 Å². The number of likely N-dealkylation sites (tertiary alicyclic amines) is 1. The number of aryl methyl sites for hydroxylation is 1. The van der Waals surface area contributed by atoms with Gasteiger partial charge in [0.05, 0.1) is 18.2 Å². The Morgan fingerprint density at radius 1 is 1.16 bits per heavy atom. The first kappa shape index (κ1) is 22.4. The number of alkyl halides is 3. The summed E-state index contributed by atoms with van der Waals surface area (Å²) in [6, 6.07) is 10.6. The standard InChI is InChI=1S/C25H26F3NO3/c1-16-14-19(8-9-21(16)31-3)24-11-10-20(15-22(24)29(2)13-12-24)32-23(30)17-4-6-18(7-5-17)25(26,27)28/h4-10,14,22H,11-13,15H2,1-3H3/t22-,24-/m0/s1. The van der Waals surface area contributed by atoms with Crippen molar-refractivity contribution in [3.8, 4) is 5.75 Å². The number of methoxy groups -OCH3 is 1. The highest BCUT2D eigenvalue weighted by molar-refractivity contribution is 5.90. The molecule has 1 heterocycles. The van der Waals surface area contributed by atoms with Crippen molar-refractivity contribution in [1.82, 2.24) is 4.90 Å². The van der Waals surface area contributed by atoms with E-state index >= 15 is 0 Å². The van der Waals surface area contributed by atoms with Gasteiger partial charge < -0.3 is 14.4 Å². The molecule has 0 saturated carbocycles. The fourth-order valence-electron chi connectivity index (χ4n) is 4.98. The van der Waals surface area contributed by atoms with Crippen LogP contribution in [0, 0.1) is 6.92 Å². The first-order chi connectivity index (χ1) is 15.1. The number of likely N-dealkylation sites (N-methyl/N-ethyl adjacent to an activating group) is 1. The average molecular weight is 445 g/mol. The Balaban J connectivity index is 1.54. The molecule has 4 nitrogen and oxygen atoms in total. The third-order valence-electron chi connectivity index (χ3n) is 6.81. The predicted molar refractivity (Wildman–Crippen MR) is 115 cm³/mol. The number of halogens is 3. The van der Waals surface area contributed by atoms with E-state index in [2.05, 4.69) is 24.1 Å². The average Bonchev–Trinajstić information content (AvgIpc) is 3.10.